The van der Waals surface area contributed by atoms with Gasteiger partial charge in [0.05, 0.1) is 11.3 Å². The molecule has 0 unspecified atom stereocenters. The summed E-state index contributed by atoms with van der Waals surface area (Å²) < 4.78 is 1.35. The number of hydrogen-bond acceptors (Lipinski definition) is 5. The van der Waals surface area contributed by atoms with E-state index < -0.39 is 4.92 Å². The smallest absolute Gasteiger partial charge is 0.293 e. The van der Waals surface area contributed by atoms with Gasteiger partial charge in [-0.25, -0.2) is 9.97 Å². The van der Waals surface area contributed by atoms with Crippen LogP contribution in [0.5, 0.6) is 0 Å². The summed E-state index contributed by atoms with van der Waals surface area (Å²) >= 11 is 0. The largest absolute Gasteiger partial charge is 0.340 e. The predicted octanol–water partition coefficient (Wildman–Crippen LogP) is 1.14. The normalized spacial score (nSPS) is 10.7. The number of hydrogen-bond donors (Lipinski definition) is 2. The molecular formula is C11H8N6O2. The Morgan fingerprint density at radius 2 is 2.11 bits per heavy atom. The Hall–Kier alpha value is -3.03. The van der Waals surface area contributed by atoms with Gasteiger partial charge in [0.2, 0.25) is 0 Å². The Balaban J connectivity index is 2.34. The van der Waals surface area contributed by atoms with E-state index in [9.17, 15) is 10.1 Å². The van der Waals surface area contributed by atoms with E-state index in [0.717, 1.165) is 0 Å². The minimum atomic E-state index is -0.487. The summed E-state index contributed by atoms with van der Waals surface area (Å²) in [6.45, 7) is 0. The third-order valence-corrected chi connectivity index (χ3v) is 2.73. The second-order valence-electron chi connectivity index (χ2n) is 3.81. The van der Waals surface area contributed by atoms with Gasteiger partial charge in [0.15, 0.2) is 11.1 Å². The quantitative estimate of drug-likeness (QED) is 0.528. The highest BCUT2D eigenvalue weighted by Gasteiger charge is 2.15. The zero-order valence-corrected chi connectivity index (χ0v) is 9.57. The second-order valence-corrected chi connectivity index (χ2v) is 3.81. The molecule has 0 saturated carbocycles. The summed E-state index contributed by atoms with van der Waals surface area (Å²) in [6, 6.07) is 6.21. The number of imidazole rings is 1. The first-order chi connectivity index (χ1) is 9.18. The predicted molar refractivity (Wildman–Crippen MR) is 65.7 cm³/mol. The summed E-state index contributed by atoms with van der Waals surface area (Å²) in [7, 11) is 0. The van der Waals surface area contributed by atoms with Crippen molar-refractivity contribution in [2.45, 2.75) is 0 Å². The molecule has 0 atom stereocenters. The molecule has 3 rings (SSSR count). The summed E-state index contributed by atoms with van der Waals surface area (Å²) in [5.74, 6) is 0. The zero-order valence-electron chi connectivity index (χ0n) is 9.57. The van der Waals surface area contributed by atoms with Gasteiger partial charge >= 0.3 is 0 Å². The van der Waals surface area contributed by atoms with E-state index in [4.69, 9.17) is 5.41 Å². The van der Waals surface area contributed by atoms with Gasteiger partial charge in [-0.3, -0.25) is 20.1 Å². The lowest BCUT2D eigenvalue weighted by Crippen LogP contribution is -2.20. The van der Waals surface area contributed by atoms with Crippen LogP contribution in [0.25, 0.3) is 16.9 Å². The van der Waals surface area contributed by atoms with Gasteiger partial charge < -0.3 is 4.98 Å². The molecule has 94 valence electrons. The van der Waals surface area contributed by atoms with Crippen LogP contribution in [-0.4, -0.2) is 24.4 Å². The molecule has 3 aromatic rings. The van der Waals surface area contributed by atoms with Gasteiger partial charge in [-0.2, -0.15) is 0 Å². The van der Waals surface area contributed by atoms with Gasteiger partial charge in [0.25, 0.3) is 5.69 Å². The summed E-state index contributed by atoms with van der Waals surface area (Å²) in [6.07, 6.45) is 2.79. The van der Waals surface area contributed by atoms with Crippen LogP contribution in [-0.2, 0) is 0 Å². The van der Waals surface area contributed by atoms with E-state index in [-0.39, 0.29) is 11.2 Å². The van der Waals surface area contributed by atoms with Crippen molar-refractivity contribution in [3.8, 4) is 5.69 Å². The maximum Gasteiger partial charge on any atom is 0.293 e. The van der Waals surface area contributed by atoms with Crippen molar-refractivity contribution in [1.29, 1.82) is 5.41 Å². The third kappa shape index (κ3) is 1.66. The molecule has 0 aliphatic carbocycles. The van der Waals surface area contributed by atoms with Gasteiger partial charge in [-0.1, -0.05) is 12.1 Å². The van der Waals surface area contributed by atoms with E-state index in [1.165, 1.54) is 23.3 Å². The van der Waals surface area contributed by atoms with Crippen LogP contribution in [0.3, 0.4) is 0 Å². The molecule has 0 amide bonds. The maximum atomic E-state index is 11.0. The number of fused-ring (bicyclic) bond motifs is 1. The van der Waals surface area contributed by atoms with Crippen molar-refractivity contribution in [3.63, 3.8) is 0 Å². The average Bonchev–Trinajstić information content (AvgIpc) is 2.88. The summed E-state index contributed by atoms with van der Waals surface area (Å²) in [5.41, 5.74) is 1.11. The lowest BCUT2D eigenvalue weighted by atomic mass is 10.2. The van der Waals surface area contributed by atoms with Gasteiger partial charge in [-0.15, -0.1) is 0 Å². The molecule has 8 nitrogen and oxygen atoms in total. The minimum absolute atomic E-state index is 0.0665. The minimum Gasteiger partial charge on any atom is -0.340 e. The fourth-order valence-electron chi connectivity index (χ4n) is 1.85. The number of aromatic amines is 1. The number of H-pyrrole nitrogens is 1. The van der Waals surface area contributed by atoms with Crippen LogP contribution in [0.15, 0.2) is 36.9 Å². The van der Waals surface area contributed by atoms with Crippen molar-refractivity contribution in [2.24, 2.45) is 0 Å². The van der Waals surface area contributed by atoms with Gasteiger partial charge in [0.1, 0.15) is 17.5 Å². The van der Waals surface area contributed by atoms with Gasteiger partial charge in [-0.05, 0) is 6.07 Å². The van der Waals surface area contributed by atoms with E-state index in [2.05, 4.69) is 15.0 Å². The zero-order chi connectivity index (χ0) is 13.4. The molecule has 2 aromatic heterocycles. The molecule has 0 aliphatic rings. The Labute approximate surface area is 106 Å². The number of nitro benzene ring substituents is 1. The van der Waals surface area contributed by atoms with Crippen LogP contribution in [0, 0.1) is 15.5 Å². The molecule has 2 heterocycles. The Morgan fingerprint density at radius 3 is 2.89 bits per heavy atom. The Bertz CT molecular complexity index is 834. The first kappa shape index (κ1) is 11.1. The van der Waals surface area contributed by atoms with Crippen LogP contribution >= 0.6 is 0 Å². The standard InChI is InChI=1S/C11H8N6O2/c12-10-9-11(14-5-13-9)15-6-16(10)7-3-1-2-4-8(7)17(18)19/h1-6,12H,(H,13,14). The highest BCUT2D eigenvalue weighted by Crippen LogP contribution is 2.20. The lowest BCUT2D eigenvalue weighted by Gasteiger charge is -2.06. The molecule has 0 saturated heterocycles. The fourth-order valence-corrected chi connectivity index (χ4v) is 1.85. The Morgan fingerprint density at radius 1 is 1.32 bits per heavy atom. The van der Waals surface area contributed by atoms with E-state index in [1.54, 1.807) is 18.2 Å². The van der Waals surface area contributed by atoms with Gasteiger partial charge in [0, 0.05) is 6.07 Å². The third-order valence-electron chi connectivity index (χ3n) is 2.73. The monoisotopic (exact) mass is 256 g/mol. The van der Waals surface area contributed by atoms with Crippen molar-refractivity contribution in [1.82, 2.24) is 19.5 Å². The molecule has 8 heteroatoms. The fraction of sp³-hybridized carbons (Fsp3) is 0. The SMILES string of the molecule is N=c1c2[nH]cnc2ncn1-c1ccccc1[N+](=O)[O-]. The summed E-state index contributed by atoms with van der Waals surface area (Å²) in [5, 5.41) is 19.1. The van der Waals surface area contributed by atoms with E-state index in [1.807, 2.05) is 0 Å². The number of nitro groups is 1. The molecule has 0 bridgehead atoms. The molecule has 19 heavy (non-hydrogen) atoms. The van der Waals surface area contributed by atoms with Crippen LogP contribution in [0.1, 0.15) is 0 Å². The first-order valence-corrected chi connectivity index (χ1v) is 5.37. The molecule has 1 aromatic carbocycles. The molecule has 0 aliphatic heterocycles. The maximum absolute atomic E-state index is 11.0. The lowest BCUT2D eigenvalue weighted by molar-refractivity contribution is -0.384. The van der Waals surface area contributed by atoms with Crippen LogP contribution in [0.2, 0.25) is 0 Å². The number of nitrogens with one attached hydrogen (secondary N) is 2. The highest BCUT2D eigenvalue weighted by molar-refractivity contribution is 5.68. The molecule has 0 spiro atoms. The van der Waals surface area contributed by atoms with Crippen molar-refractivity contribution in [3.05, 3.63) is 52.5 Å². The number of aromatic nitrogens is 4. The van der Waals surface area contributed by atoms with Crippen LogP contribution in [0.4, 0.5) is 5.69 Å². The molecule has 2 N–H and O–H groups in total. The number of rotatable bonds is 2. The highest BCUT2D eigenvalue weighted by atomic mass is 16.6. The molecule has 0 radical (unpaired) electrons. The van der Waals surface area contributed by atoms with Crippen molar-refractivity contribution >= 4 is 16.9 Å². The number of nitrogens with zero attached hydrogens (tertiary/aromatic N) is 4. The second kappa shape index (κ2) is 4.02. The number of para-hydroxylation sites is 2. The van der Waals surface area contributed by atoms with E-state index >= 15 is 0 Å². The number of benzene rings is 1. The first-order valence-electron chi connectivity index (χ1n) is 5.37. The van der Waals surface area contributed by atoms with Crippen LogP contribution < -0.4 is 5.49 Å². The molecular weight excluding hydrogens is 248 g/mol. The summed E-state index contributed by atoms with van der Waals surface area (Å²) in [4.78, 5) is 21.3. The van der Waals surface area contributed by atoms with E-state index in [0.29, 0.717) is 16.9 Å². The van der Waals surface area contributed by atoms with Crippen molar-refractivity contribution < 1.29 is 4.92 Å². The molecule has 0 fully saturated rings. The van der Waals surface area contributed by atoms with Crippen molar-refractivity contribution in [2.75, 3.05) is 0 Å². The Kier molecular flexibility index (Phi) is 2.34. The topological polar surface area (TPSA) is 113 Å². The average molecular weight is 256 g/mol.